The van der Waals surface area contributed by atoms with E-state index >= 15 is 0 Å². The summed E-state index contributed by atoms with van der Waals surface area (Å²) in [6.45, 7) is 0. The van der Waals surface area contributed by atoms with Crippen LogP contribution >= 0.6 is 11.6 Å². The topological polar surface area (TPSA) is 90.7 Å². The molecule has 0 aliphatic rings. The number of nitriles is 1. The van der Waals surface area contributed by atoms with Gasteiger partial charge in [-0.15, -0.1) is 0 Å². The van der Waals surface area contributed by atoms with Gasteiger partial charge in [-0.1, -0.05) is 11.6 Å². The van der Waals surface area contributed by atoms with Crippen LogP contribution in [0, 0.1) is 17.1 Å². The van der Waals surface area contributed by atoms with Crippen molar-refractivity contribution in [1.29, 1.82) is 5.26 Å². The number of carbonyl (C=O) groups excluding carboxylic acids is 1. The van der Waals surface area contributed by atoms with Crippen molar-refractivity contribution in [3.05, 3.63) is 76.8 Å². The van der Waals surface area contributed by atoms with Crippen molar-refractivity contribution in [2.24, 2.45) is 0 Å². The van der Waals surface area contributed by atoms with Gasteiger partial charge in [0.1, 0.15) is 11.5 Å². The van der Waals surface area contributed by atoms with Gasteiger partial charge < -0.3 is 10.6 Å². The molecule has 0 radical (unpaired) electrons. The van der Waals surface area contributed by atoms with Crippen LogP contribution in [0.1, 0.15) is 16.1 Å². The summed E-state index contributed by atoms with van der Waals surface area (Å²) in [5.74, 6) is -0.835. The molecule has 1 heterocycles. The average molecular weight is 368 g/mol. The highest BCUT2D eigenvalue weighted by atomic mass is 35.5. The lowest BCUT2D eigenvalue weighted by atomic mass is 10.2. The summed E-state index contributed by atoms with van der Waals surface area (Å²) in [5, 5.41) is 14.2. The highest BCUT2D eigenvalue weighted by Gasteiger charge is 2.11. The van der Waals surface area contributed by atoms with E-state index in [1.165, 1.54) is 24.4 Å². The summed E-state index contributed by atoms with van der Waals surface area (Å²) in [7, 11) is 0. The lowest BCUT2D eigenvalue weighted by Crippen LogP contribution is -2.14. The molecule has 1 amide bonds. The Hall–Kier alpha value is -3.50. The monoisotopic (exact) mass is 367 g/mol. The number of nitrogens with one attached hydrogen (secondary N) is 2. The third-order valence-corrected chi connectivity index (χ3v) is 3.63. The zero-order valence-corrected chi connectivity index (χ0v) is 14.0. The number of hydrogen-bond donors (Lipinski definition) is 2. The average Bonchev–Trinajstić information content (AvgIpc) is 2.65. The normalized spacial score (nSPS) is 10.0. The predicted octanol–water partition coefficient (Wildman–Crippen LogP) is 4.14. The largest absolute Gasteiger partial charge is 0.324 e. The van der Waals surface area contributed by atoms with Crippen LogP contribution < -0.4 is 10.6 Å². The predicted molar refractivity (Wildman–Crippen MR) is 95.8 cm³/mol. The Labute approximate surface area is 153 Å². The van der Waals surface area contributed by atoms with Gasteiger partial charge in [-0.25, -0.2) is 14.4 Å². The standard InChI is InChI=1S/C18H11ClFN5O/c19-14-9-13(5-6-15(14)20)23-17(26)16-7-8-22-18(25-16)24-12-3-1-11(10-21)2-4-12/h1-9H,(H,23,26)(H,22,24,25). The minimum atomic E-state index is -0.569. The van der Waals surface area contributed by atoms with Gasteiger partial charge in [0.05, 0.1) is 16.7 Å². The molecular formula is C18H11ClFN5O. The van der Waals surface area contributed by atoms with Crippen LogP contribution in [-0.4, -0.2) is 15.9 Å². The molecule has 0 unspecified atom stereocenters. The molecule has 3 aromatic rings. The smallest absolute Gasteiger partial charge is 0.274 e. The van der Waals surface area contributed by atoms with E-state index in [2.05, 4.69) is 20.6 Å². The molecule has 0 saturated heterocycles. The first-order chi connectivity index (χ1) is 12.5. The highest BCUT2D eigenvalue weighted by Crippen LogP contribution is 2.20. The van der Waals surface area contributed by atoms with Gasteiger partial charge in [-0.05, 0) is 48.5 Å². The molecule has 8 heteroatoms. The first-order valence-corrected chi connectivity index (χ1v) is 7.79. The number of anilines is 3. The Morgan fingerprint density at radius 1 is 1.12 bits per heavy atom. The fourth-order valence-electron chi connectivity index (χ4n) is 2.07. The Kier molecular flexibility index (Phi) is 5.06. The Morgan fingerprint density at radius 2 is 1.85 bits per heavy atom. The number of aromatic nitrogens is 2. The second-order valence-corrected chi connectivity index (χ2v) is 5.57. The molecule has 6 nitrogen and oxygen atoms in total. The highest BCUT2D eigenvalue weighted by molar-refractivity contribution is 6.31. The molecule has 0 fully saturated rings. The molecule has 0 aliphatic heterocycles. The van der Waals surface area contributed by atoms with E-state index in [1.54, 1.807) is 24.3 Å². The summed E-state index contributed by atoms with van der Waals surface area (Å²) in [5.41, 5.74) is 1.67. The second-order valence-electron chi connectivity index (χ2n) is 5.16. The number of hydrogen-bond acceptors (Lipinski definition) is 5. The minimum Gasteiger partial charge on any atom is -0.324 e. The first-order valence-electron chi connectivity index (χ1n) is 7.42. The SMILES string of the molecule is N#Cc1ccc(Nc2nccc(C(=O)Nc3ccc(F)c(Cl)c3)n2)cc1. The van der Waals surface area contributed by atoms with Crippen molar-refractivity contribution in [2.75, 3.05) is 10.6 Å². The fraction of sp³-hybridized carbons (Fsp3) is 0. The second kappa shape index (κ2) is 7.59. The summed E-state index contributed by atoms with van der Waals surface area (Å²) in [6, 6.07) is 14.1. The van der Waals surface area contributed by atoms with Crippen LogP contribution in [0.3, 0.4) is 0 Å². The van der Waals surface area contributed by atoms with Crippen LogP contribution in [0.15, 0.2) is 54.7 Å². The van der Waals surface area contributed by atoms with Gasteiger partial charge in [-0.2, -0.15) is 5.26 Å². The number of nitrogens with zero attached hydrogens (tertiary/aromatic N) is 3. The maximum Gasteiger partial charge on any atom is 0.274 e. The van der Waals surface area contributed by atoms with Gasteiger partial charge in [0.2, 0.25) is 5.95 Å². The van der Waals surface area contributed by atoms with E-state index in [4.69, 9.17) is 16.9 Å². The molecule has 0 saturated carbocycles. The Bertz CT molecular complexity index is 1000. The Balaban J connectivity index is 1.74. The van der Waals surface area contributed by atoms with Gasteiger partial charge in [-0.3, -0.25) is 4.79 Å². The van der Waals surface area contributed by atoms with Crippen LogP contribution in [0.5, 0.6) is 0 Å². The van der Waals surface area contributed by atoms with Gasteiger partial charge >= 0.3 is 0 Å². The van der Waals surface area contributed by atoms with Crippen molar-refractivity contribution in [3.8, 4) is 6.07 Å². The van der Waals surface area contributed by atoms with E-state index in [9.17, 15) is 9.18 Å². The van der Waals surface area contributed by atoms with E-state index in [0.29, 0.717) is 16.9 Å². The number of halogens is 2. The quantitative estimate of drug-likeness (QED) is 0.723. The van der Waals surface area contributed by atoms with E-state index < -0.39 is 11.7 Å². The van der Waals surface area contributed by atoms with Crippen LogP contribution in [-0.2, 0) is 0 Å². The summed E-state index contributed by atoms with van der Waals surface area (Å²) in [6.07, 6.45) is 1.44. The van der Waals surface area contributed by atoms with Gasteiger partial charge in [0, 0.05) is 17.6 Å². The molecule has 0 spiro atoms. The van der Waals surface area contributed by atoms with Crippen molar-refractivity contribution < 1.29 is 9.18 Å². The van der Waals surface area contributed by atoms with Crippen molar-refractivity contribution in [3.63, 3.8) is 0 Å². The lowest BCUT2D eigenvalue weighted by molar-refractivity contribution is 0.102. The molecule has 0 bridgehead atoms. The summed E-state index contributed by atoms with van der Waals surface area (Å²) in [4.78, 5) is 20.5. The minimum absolute atomic E-state index is 0.0892. The third-order valence-electron chi connectivity index (χ3n) is 3.34. The first kappa shape index (κ1) is 17.3. The number of rotatable bonds is 4. The van der Waals surface area contributed by atoms with Crippen LogP contribution in [0.2, 0.25) is 5.02 Å². The number of amides is 1. The molecule has 128 valence electrons. The Morgan fingerprint density at radius 3 is 2.54 bits per heavy atom. The molecule has 2 aromatic carbocycles. The molecule has 0 aliphatic carbocycles. The molecular weight excluding hydrogens is 357 g/mol. The molecule has 3 rings (SSSR count). The van der Waals surface area contributed by atoms with Crippen LogP contribution in [0.4, 0.5) is 21.7 Å². The third kappa shape index (κ3) is 4.12. The van der Waals surface area contributed by atoms with Crippen molar-refractivity contribution >= 4 is 34.8 Å². The molecule has 26 heavy (non-hydrogen) atoms. The molecule has 1 aromatic heterocycles. The van der Waals surface area contributed by atoms with Gasteiger partial charge in [0.15, 0.2) is 0 Å². The zero-order chi connectivity index (χ0) is 18.5. The fourth-order valence-corrected chi connectivity index (χ4v) is 2.25. The summed E-state index contributed by atoms with van der Waals surface area (Å²) < 4.78 is 13.2. The van der Waals surface area contributed by atoms with E-state index in [-0.39, 0.29) is 16.7 Å². The lowest BCUT2D eigenvalue weighted by Gasteiger charge is -2.08. The van der Waals surface area contributed by atoms with E-state index in [0.717, 1.165) is 6.07 Å². The maximum absolute atomic E-state index is 13.2. The maximum atomic E-state index is 13.2. The molecule has 0 atom stereocenters. The number of carbonyl (C=O) groups is 1. The van der Waals surface area contributed by atoms with E-state index in [1.807, 2.05) is 6.07 Å². The molecule has 2 N–H and O–H groups in total. The van der Waals surface area contributed by atoms with Crippen LogP contribution in [0.25, 0.3) is 0 Å². The van der Waals surface area contributed by atoms with Gasteiger partial charge in [0.25, 0.3) is 5.91 Å². The number of benzene rings is 2. The van der Waals surface area contributed by atoms with Crippen molar-refractivity contribution in [1.82, 2.24) is 9.97 Å². The van der Waals surface area contributed by atoms with Crippen molar-refractivity contribution in [2.45, 2.75) is 0 Å². The zero-order valence-electron chi connectivity index (χ0n) is 13.2. The summed E-state index contributed by atoms with van der Waals surface area (Å²) >= 11 is 5.70.